The van der Waals surface area contributed by atoms with Crippen LogP contribution in [-0.2, 0) is 4.79 Å². The van der Waals surface area contributed by atoms with Gasteiger partial charge in [-0.1, -0.05) is 11.8 Å². The first-order valence-electron chi connectivity index (χ1n) is 4.65. The van der Waals surface area contributed by atoms with Crippen LogP contribution in [0.2, 0.25) is 0 Å². The molecule has 2 aromatic heterocycles. The number of carboxylic acids is 1. The normalized spacial score (nSPS) is 10.9. The highest BCUT2D eigenvalue weighted by Gasteiger charge is 2.14. The van der Waals surface area contributed by atoms with E-state index in [1.165, 1.54) is 18.1 Å². The molecule has 0 fully saturated rings. The number of fused-ring (bicyclic) bond motifs is 1. The van der Waals surface area contributed by atoms with E-state index in [-0.39, 0.29) is 5.75 Å². The predicted octanol–water partition coefficient (Wildman–Crippen LogP) is 2.02. The van der Waals surface area contributed by atoms with Crippen LogP contribution in [0.1, 0.15) is 11.3 Å². The molecule has 0 saturated carbocycles. The topological polar surface area (TPSA) is 76.2 Å². The molecule has 0 aliphatic heterocycles. The first-order valence-corrected chi connectivity index (χ1v) is 5.63. The fraction of sp³-hybridized carbons (Fsp3) is 0.300. The Bertz CT molecular complexity index is 550. The second-order valence-corrected chi connectivity index (χ2v) is 4.29. The number of hydrogen-bond acceptors (Lipinski definition) is 5. The second-order valence-electron chi connectivity index (χ2n) is 3.32. The molecule has 0 aromatic carbocycles. The summed E-state index contributed by atoms with van der Waals surface area (Å²) in [5, 5.41) is 10.1. The fourth-order valence-electron chi connectivity index (χ4n) is 1.39. The van der Waals surface area contributed by atoms with Crippen LogP contribution >= 0.6 is 11.8 Å². The molecule has 84 valence electrons. The van der Waals surface area contributed by atoms with Crippen molar-refractivity contribution in [2.24, 2.45) is 0 Å². The van der Waals surface area contributed by atoms with Crippen molar-refractivity contribution in [1.82, 2.24) is 9.97 Å². The largest absolute Gasteiger partial charge is 0.481 e. The van der Waals surface area contributed by atoms with E-state index in [2.05, 4.69) is 9.97 Å². The Morgan fingerprint density at radius 2 is 2.25 bits per heavy atom. The number of thioether (sulfide) groups is 1. The third-order valence-corrected chi connectivity index (χ3v) is 3.24. The third-order valence-electron chi connectivity index (χ3n) is 2.26. The first kappa shape index (κ1) is 10.9. The van der Waals surface area contributed by atoms with Crippen molar-refractivity contribution in [2.75, 3.05) is 5.75 Å². The second kappa shape index (κ2) is 4.13. The number of carboxylic acid groups (broad SMARTS) is 1. The van der Waals surface area contributed by atoms with Crippen LogP contribution in [0.4, 0.5) is 0 Å². The SMILES string of the molecule is Cc1oc2ncnc(SCC(=O)O)c2c1C. The number of nitrogens with zero attached hydrogens (tertiary/aromatic N) is 2. The first-order chi connectivity index (χ1) is 7.59. The number of aliphatic carboxylic acids is 1. The molecule has 2 heterocycles. The Balaban J connectivity index is 2.48. The minimum atomic E-state index is -0.866. The smallest absolute Gasteiger partial charge is 0.313 e. The van der Waals surface area contributed by atoms with Crippen LogP contribution in [0.3, 0.4) is 0 Å². The van der Waals surface area contributed by atoms with Crippen molar-refractivity contribution < 1.29 is 14.3 Å². The molecular weight excluding hydrogens is 228 g/mol. The van der Waals surface area contributed by atoms with Crippen LogP contribution in [-0.4, -0.2) is 26.8 Å². The van der Waals surface area contributed by atoms with Crippen molar-refractivity contribution in [3.63, 3.8) is 0 Å². The Morgan fingerprint density at radius 1 is 1.50 bits per heavy atom. The van der Waals surface area contributed by atoms with Gasteiger partial charge in [0.1, 0.15) is 17.1 Å². The van der Waals surface area contributed by atoms with Crippen LogP contribution in [0, 0.1) is 13.8 Å². The van der Waals surface area contributed by atoms with Gasteiger partial charge in [0.15, 0.2) is 0 Å². The van der Waals surface area contributed by atoms with Crippen molar-refractivity contribution in [3.05, 3.63) is 17.7 Å². The minimum absolute atomic E-state index is 0.0181. The monoisotopic (exact) mass is 238 g/mol. The lowest BCUT2D eigenvalue weighted by atomic mass is 10.2. The highest BCUT2D eigenvalue weighted by atomic mass is 32.2. The molecule has 0 amide bonds. The molecule has 0 saturated heterocycles. The highest BCUT2D eigenvalue weighted by Crippen LogP contribution is 2.30. The van der Waals surface area contributed by atoms with Gasteiger partial charge in [0.05, 0.1) is 11.1 Å². The molecule has 6 heteroatoms. The third kappa shape index (κ3) is 1.88. The molecule has 0 unspecified atom stereocenters. The van der Waals surface area contributed by atoms with E-state index in [0.717, 1.165) is 16.7 Å². The Kier molecular flexibility index (Phi) is 2.82. The Labute approximate surface area is 95.9 Å². The van der Waals surface area contributed by atoms with Crippen LogP contribution in [0.25, 0.3) is 11.1 Å². The fourth-order valence-corrected chi connectivity index (χ4v) is 2.16. The van der Waals surface area contributed by atoms with Crippen molar-refractivity contribution >= 4 is 28.8 Å². The molecule has 2 rings (SSSR count). The zero-order chi connectivity index (χ0) is 11.7. The zero-order valence-electron chi connectivity index (χ0n) is 8.85. The summed E-state index contributed by atoms with van der Waals surface area (Å²) >= 11 is 1.17. The maximum absolute atomic E-state index is 10.5. The number of aromatic nitrogens is 2. The van der Waals surface area contributed by atoms with E-state index in [1.54, 1.807) is 0 Å². The average Bonchev–Trinajstić information content (AvgIpc) is 2.52. The van der Waals surface area contributed by atoms with Crippen LogP contribution in [0.5, 0.6) is 0 Å². The maximum Gasteiger partial charge on any atom is 0.313 e. The molecule has 16 heavy (non-hydrogen) atoms. The number of carbonyl (C=O) groups is 1. The summed E-state index contributed by atoms with van der Waals surface area (Å²) in [6, 6.07) is 0. The number of aryl methyl sites for hydroxylation is 2. The minimum Gasteiger partial charge on any atom is -0.481 e. The number of furan rings is 1. The number of hydrogen-bond donors (Lipinski definition) is 1. The van der Waals surface area contributed by atoms with Gasteiger partial charge in [0.2, 0.25) is 5.71 Å². The summed E-state index contributed by atoms with van der Waals surface area (Å²) in [4.78, 5) is 18.6. The van der Waals surface area contributed by atoms with E-state index in [9.17, 15) is 4.79 Å². The molecule has 1 N–H and O–H groups in total. The molecule has 0 aliphatic rings. The summed E-state index contributed by atoms with van der Waals surface area (Å²) in [6.07, 6.45) is 1.38. The lowest BCUT2D eigenvalue weighted by molar-refractivity contribution is -0.133. The van der Waals surface area contributed by atoms with Gasteiger partial charge in [-0.3, -0.25) is 4.79 Å². The van der Waals surface area contributed by atoms with E-state index >= 15 is 0 Å². The molecular formula is C10H10N2O3S. The number of rotatable bonds is 3. The van der Waals surface area contributed by atoms with Gasteiger partial charge >= 0.3 is 5.97 Å². The molecule has 0 aliphatic carbocycles. The standard InChI is InChI=1S/C10H10N2O3S/c1-5-6(2)15-9-8(5)10(12-4-11-9)16-3-7(13)14/h4H,3H2,1-2H3,(H,13,14). The highest BCUT2D eigenvalue weighted by molar-refractivity contribution is 8.00. The molecule has 0 atom stereocenters. The summed E-state index contributed by atoms with van der Waals surface area (Å²) in [6.45, 7) is 3.76. The van der Waals surface area contributed by atoms with Gasteiger partial charge in [-0.2, -0.15) is 0 Å². The van der Waals surface area contributed by atoms with Crippen molar-refractivity contribution in [3.8, 4) is 0 Å². The van der Waals surface area contributed by atoms with Gasteiger partial charge in [-0.25, -0.2) is 9.97 Å². The maximum atomic E-state index is 10.5. The van der Waals surface area contributed by atoms with Gasteiger partial charge in [0.25, 0.3) is 0 Å². The van der Waals surface area contributed by atoms with Gasteiger partial charge in [-0.05, 0) is 13.8 Å². The lowest BCUT2D eigenvalue weighted by Crippen LogP contribution is -1.98. The molecule has 2 aromatic rings. The molecule has 0 bridgehead atoms. The quantitative estimate of drug-likeness (QED) is 0.651. The summed E-state index contributed by atoms with van der Waals surface area (Å²) < 4.78 is 5.43. The van der Waals surface area contributed by atoms with Crippen LogP contribution < -0.4 is 0 Å². The lowest BCUT2D eigenvalue weighted by Gasteiger charge is -1.98. The van der Waals surface area contributed by atoms with E-state index in [4.69, 9.17) is 9.52 Å². The molecule has 0 spiro atoms. The van der Waals surface area contributed by atoms with E-state index < -0.39 is 5.97 Å². The van der Waals surface area contributed by atoms with E-state index in [1.807, 2.05) is 13.8 Å². The summed E-state index contributed by atoms with van der Waals surface area (Å²) in [5.74, 6) is -0.0993. The van der Waals surface area contributed by atoms with Crippen LogP contribution in [0.15, 0.2) is 15.8 Å². The van der Waals surface area contributed by atoms with Gasteiger partial charge in [-0.15, -0.1) is 0 Å². The zero-order valence-corrected chi connectivity index (χ0v) is 9.67. The van der Waals surface area contributed by atoms with Gasteiger partial charge < -0.3 is 9.52 Å². The predicted molar refractivity (Wildman–Crippen MR) is 59.6 cm³/mol. The molecule has 5 nitrogen and oxygen atoms in total. The average molecular weight is 238 g/mol. The Hall–Kier alpha value is -1.56. The summed E-state index contributed by atoms with van der Waals surface area (Å²) in [5.41, 5.74) is 1.47. The van der Waals surface area contributed by atoms with Crippen molar-refractivity contribution in [2.45, 2.75) is 18.9 Å². The molecule has 0 radical (unpaired) electrons. The van der Waals surface area contributed by atoms with Crippen molar-refractivity contribution in [1.29, 1.82) is 0 Å². The Morgan fingerprint density at radius 3 is 2.94 bits per heavy atom. The summed E-state index contributed by atoms with van der Waals surface area (Å²) in [7, 11) is 0. The van der Waals surface area contributed by atoms with Gasteiger partial charge in [0, 0.05) is 5.56 Å². The van der Waals surface area contributed by atoms with E-state index in [0.29, 0.717) is 10.7 Å².